The molecule has 1 rings (SSSR count). The number of halogens is 1. The van der Waals surface area contributed by atoms with Crippen LogP contribution in [0, 0.1) is 0 Å². The van der Waals surface area contributed by atoms with Crippen molar-refractivity contribution in [2.24, 2.45) is 0 Å². The summed E-state index contributed by atoms with van der Waals surface area (Å²) in [6.07, 6.45) is 4.31. The van der Waals surface area contributed by atoms with Crippen molar-refractivity contribution in [3.63, 3.8) is 0 Å². The number of aromatic nitrogens is 1. The zero-order valence-electron chi connectivity index (χ0n) is 9.32. The first-order valence-corrected chi connectivity index (χ1v) is 6.00. The van der Waals surface area contributed by atoms with Crippen molar-refractivity contribution in [1.82, 2.24) is 9.88 Å². The van der Waals surface area contributed by atoms with E-state index in [0.717, 1.165) is 13.0 Å². The molecular formula is C12H15BrN2O. The van der Waals surface area contributed by atoms with E-state index >= 15 is 0 Å². The largest absolute Gasteiger partial charge is 0.335 e. The highest BCUT2D eigenvalue weighted by Gasteiger charge is 2.16. The molecule has 0 N–H and O–H groups in total. The van der Waals surface area contributed by atoms with Crippen LogP contribution >= 0.6 is 15.9 Å². The number of nitrogens with zero attached hydrogens (tertiary/aromatic N) is 2. The highest BCUT2D eigenvalue weighted by Crippen LogP contribution is 2.15. The van der Waals surface area contributed by atoms with E-state index in [2.05, 4.69) is 27.5 Å². The van der Waals surface area contributed by atoms with Gasteiger partial charge in [-0.3, -0.25) is 4.79 Å². The normalized spacial score (nSPS) is 9.88. The first kappa shape index (κ1) is 12.9. The highest BCUT2D eigenvalue weighted by molar-refractivity contribution is 9.10. The molecule has 16 heavy (non-hydrogen) atoms. The maximum absolute atomic E-state index is 12.2. The van der Waals surface area contributed by atoms with Crippen molar-refractivity contribution in [1.29, 1.82) is 0 Å². The van der Waals surface area contributed by atoms with E-state index in [4.69, 9.17) is 0 Å². The molecule has 0 aliphatic heterocycles. The third kappa shape index (κ3) is 3.17. The summed E-state index contributed by atoms with van der Waals surface area (Å²) in [5, 5.41) is 0. The lowest BCUT2D eigenvalue weighted by molar-refractivity contribution is 0.0772. The van der Waals surface area contributed by atoms with E-state index in [9.17, 15) is 4.79 Å². The molecule has 0 atom stereocenters. The molecule has 0 saturated heterocycles. The van der Waals surface area contributed by atoms with Gasteiger partial charge in [-0.05, 0) is 34.5 Å². The van der Waals surface area contributed by atoms with Gasteiger partial charge in [-0.25, -0.2) is 4.98 Å². The molecule has 0 aliphatic carbocycles. The van der Waals surface area contributed by atoms with Gasteiger partial charge in [0.25, 0.3) is 5.91 Å². The second-order valence-electron chi connectivity index (χ2n) is 3.38. The monoisotopic (exact) mass is 282 g/mol. The van der Waals surface area contributed by atoms with Gasteiger partial charge in [-0.2, -0.15) is 0 Å². The average molecular weight is 283 g/mol. The summed E-state index contributed by atoms with van der Waals surface area (Å²) in [7, 11) is 0. The summed E-state index contributed by atoms with van der Waals surface area (Å²) >= 11 is 3.28. The first-order valence-electron chi connectivity index (χ1n) is 5.21. The number of carbonyl (C=O) groups excluding carboxylic acids is 1. The van der Waals surface area contributed by atoms with Gasteiger partial charge in [0, 0.05) is 19.3 Å². The fourth-order valence-electron chi connectivity index (χ4n) is 1.42. The fraction of sp³-hybridized carbons (Fsp3) is 0.333. The van der Waals surface area contributed by atoms with Crippen LogP contribution in [0.5, 0.6) is 0 Å². The smallest absolute Gasteiger partial charge is 0.256 e. The van der Waals surface area contributed by atoms with Crippen molar-refractivity contribution in [2.75, 3.05) is 13.1 Å². The Morgan fingerprint density at radius 2 is 2.44 bits per heavy atom. The third-order valence-corrected chi connectivity index (χ3v) is 2.75. The van der Waals surface area contributed by atoms with Crippen LogP contribution < -0.4 is 0 Å². The molecule has 1 heterocycles. The molecule has 0 spiro atoms. The summed E-state index contributed by atoms with van der Waals surface area (Å²) in [6.45, 7) is 7.00. The van der Waals surface area contributed by atoms with Crippen LogP contribution in [0.25, 0.3) is 0 Å². The topological polar surface area (TPSA) is 33.2 Å². The Morgan fingerprint density at radius 3 is 3.00 bits per heavy atom. The van der Waals surface area contributed by atoms with Crippen molar-refractivity contribution >= 4 is 21.8 Å². The summed E-state index contributed by atoms with van der Waals surface area (Å²) in [6, 6.07) is 3.53. The van der Waals surface area contributed by atoms with E-state index < -0.39 is 0 Å². The van der Waals surface area contributed by atoms with E-state index in [-0.39, 0.29) is 5.91 Å². The molecule has 1 amide bonds. The van der Waals surface area contributed by atoms with Gasteiger partial charge < -0.3 is 4.90 Å². The molecule has 0 aromatic carbocycles. The highest BCUT2D eigenvalue weighted by atomic mass is 79.9. The van der Waals surface area contributed by atoms with Gasteiger partial charge in [0.2, 0.25) is 0 Å². The molecule has 0 unspecified atom stereocenters. The molecule has 86 valence electrons. The number of hydrogen-bond acceptors (Lipinski definition) is 2. The van der Waals surface area contributed by atoms with Gasteiger partial charge in [0.1, 0.15) is 4.60 Å². The van der Waals surface area contributed by atoms with Crippen molar-refractivity contribution < 1.29 is 4.79 Å². The molecule has 0 radical (unpaired) electrons. The molecule has 4 heteroatoms. The second kappa shape index (κ2) is 6.43. The minimum Gasteiger partial charge on any atom is -0.335 e. The summed E-state index contributed by atoms with van der Waals surface area (Å²) in [5.74, 6) is -0.0123. The van der Waals surface area contributed by atoms with Gasteiger partial charge in [0.05, 0.1) is 5.56 Å². The Balaban J connectivity index is 2.89. The van der Waals surface area contributed by atoms with Crippen LogP contribution in [0.1, 0.15) is 23.7 Å². The van der Waals surface area contributed by atoms with Gasteiger partial charge >= 0.3 is 0 Å². The van der Waals surface area contributed by atoms with Crippen LogP contribution in [-0.2, 0) is 0 Å². The lowest BCUT2D eigenvalue weighted by Gasteiger charge is -2.20. The van der Waals surface area contributed by atoms with E-state index in [1.165, 1.54) is 0 Å². The maximum Gasteiger partial charge on any atom is 0.256 e. The lowest BCUT2D eigenvalue weighted by Crippen LogP contribution is -2.32. The van der Waals surface area contributed by atoms with Crippen molar-refractivity contribution in [3.8, 4) is 0 Å². The van der Waals surface area contributed by atoms with Crippen molar-refractivity contribution in [3.05, 3.63) is 41.2 Å². The number of carbonyl (C=O) groups is 1. The standard InChI is InChI=1S/C12H15BrN2O/c1-3-8-15(9-4-2)12(16)10-6-5-7-14-11(10)13/h3,5-7H,1,4,8-9H2,2H3. The van der Waals surface area contributed by atoms with Crippen LogP contribution in [0.3, 0.4) is 0 Å². The molecule has 0 fully saturated rings. The Bertz CT molecular complexity index is 379. The molecule has 0 bridgehead atoms. The van der Waals surface area contributed by atoms with Crippen LogP contribution in [0.2, 0.25) is 0 Å². The van der Waals surface area contributed by atoms with Gasteiger partial charge in [-0.1, -0.05) is 13.0 Å². The Hall–Kier alpha value is -1.16. The first-order chi connectivity index (χ1) is 7.70. The lowest BCUT2D eigenvalue weighted by atomic mass is 10.2. The van der Waals surface area contributed by atoms with Crippen LogP contribution in [0.4, 0.5) is 0 Å². The molecule has 1 aromatic heterocycles. The molecule has 1 aromatic rings. The number of amides is 1. The number of hydrogen-bond donors (Lipinski definition) is 0. The minimum absolute atomic E-state index is 0.0123. The summed E-state index contributed by atoms with van der Waals surface area (Å²) in [5.41, 5.74) is 0.595. The van der Waals surface area contributed by atoms with Gasteiger partial charge in [-0.15, -0.1) is 6.58 Å². The SMILES string of the molecule is C=CCN(CCC)C(=O)c1cccnc1Br. The minimum atomic E-state index is -0.0123. The van der Waals surface area contributed by atoms with Gasteiger partial charge in [0.15, 0.2) is 0 Å². The Kier molecular flexibility index (Phi) is 5.19. The van der Waals surface area contributed by atoms with Crippen LogP contribution in [-0.4, -0.2) is 28.9 Å². The molecule has 0 saturated carbocycles. The Morgan fingerprint density at radius 1 is 1.69 bits per heavy atom. The van der Waals surface area contributed by atoms with E-state index in [0.29, 0.717) is 16.7 Å². The summed E-state index contributed by atoms with van der Waals surface area (Å²) in [4.78, 5) is 18.0. The van der Waals surface area contributed by atoms with E-state index in [1.54, 1.807) is 29.3 Å². The average Bonchev–Trinajstić information content (AvgIpc) is 2.28. The second-order valence-corrected chi connectivity index (χ2v) is 4.13. The fourth-order valence-corrected chi connectivity index (χ4v) is 1.84. The Labute approximate surface area is 104 Å². The zero-order valence-corrected chi connectivity index (χ0v) is 10.9. The molecular weight excluding hydrogens is 268 g/mol. The zero-order chi connectivity index (χ0) is 12.0. The molecule has 3 nitrogen and oxygen atoms in total. The summed E-state index contributed by atoms with van der Waals surface area (Å²) < 4.78 is 0.588. The number of rotatable bonds is 5. The molecule has 0 aliphatic rings. The van der Waals surface area contributed by atoms with Crippen LogP contribution in [0.15, 0.2) is 35.6 Å². The van der Waals surface area contributed by atoms with E-state index in [1.807, 2.05) is 6.92 Å². The van der Waals surface area contributed by atoms with Crippen molar-refractivity contribution in [2.45, 2.75) is 13.3 Å². The predicted molar refractivity (Wildman–Crippen MR) is 68.3 cm³/mol. The predicted octanol–water partition coefficient (Wildman–Crippen LogP) is 2.88. The number of pyridine rings is 1. The quantitative estimate of drug-likeness (QED) is 0.615. The maximum atomic E-state index is 12.2. The third-order valence-electron chi connectivity index (χ3n) is 2.12.